The second-order valence-corrected chi connectivity index (χ2v) is 4.42. The fraction of sp³-hybridized carbons (Fsp3) is 0.0667. The number of benzene rings is 1. The van der Waals surface area contributed by atoms with Gasteiger partial charge in [-0.1, -0.05) is 12.1 Å². The van der Waals surface area contributed by atoms with Crippen LogP contribution in [0.5, 0.6) is 0 Å². The summed E-state index contributed by atoms with van der Waals surface area (Å²) in [5, 5.41) is 17.7. The number of rotatable bonds is 3. The molecule has 0 saturated carbocycles. The van der Waals surface area contributed by atoms with Crippen LogP contribution >= 0.6 is 0 Å². The molecule has 0 aliphatic carbocycles. The zero-order chi connectivity index (χ0) is 16.3. The van der Waals surface area contributed by atoms with E-state index >= 15 is 0 Å². The van der Waals surface area contributed by atoms with Gasteiger partial charge in [0.2, 0.25) is 5.91 Å². The summed E-state index contributed by atoms with van der Waals surface area (Å²) in [5.74, 6) is -1.70. The highest BCUT2D eigenvalue weighted by molar-refractivity contribution is 5.94. The zero-order valence-corrected chi connectivity index (χ0v) is 11.5. The van der Waals surface area contributed by atoms with Crippen LogP contribution in [0.4, 0.5) is 5.69 Å². The number of anilines is 1. The molecular formula is C15H11N3O4. The van der Waals surface area contributed by atoms with Gasteiger partial charge in [0, 0.05) is 12.6 Å². The maximum Gasteiger partial charge on any atom is 0.341 e. The number of carbonyl (C=O) groups is 2. The molecule has 0 aliphatic rings. The van der Waals surface area contributed by atoms with E-state index in [1.54, 1.807) is 30.5 Å². The molecule has 0 unspecified atom stereocenters. The summed E-state index contributed by atoms with van der Waals surface area (Å²) in [6.45, 7) is 1.28. The molecule has 2 rings (SSSR count). The van der Waals surface area contributed by atoms with Gasteiger partial charge in [-0.25, -0.2) is 9.69 Å². The van der Waals surface area contributed by atoms with Crippen LogP contribution in [0.3, 0.4) is 0 Å². The number of nitrogens with one attached hydrogen (secondary N) is 1. The highest BCUT2D eigenvalue weighted by Gasteiger charge is 2.12. The first-order valence-corrected chi connectivity index (χ1v) is 6.21. The number of carbonyl (C=O) groups excluding carboxylic acids is 1. The van der Waals surface area contributed by atoms with E-state index in [1.807, 2.05) is 0 Å². The van der Waals surface area contributed by atoms with Crippen molar-refractivity contribution in [2.75, 3.05) is 4.90 Å². The van der Waals surface area contributed by atoms with Crippen LogP contribution in [0.2, 0.25) is 0 Å². The summed E-state index contributed by atoms with van der Waals surface area (Å²) >= 11 is 0. The summed E-state index contributed by atoms with van der Waals surface area (Å²) in [6, 6.07) is 9.06. The van der Waals surface area contributed by atoms with E-state index in [9.17, 15) is 14.4 Å². The van der Waals surface area contributed by atoms with Crippen molar-refractivity contribution in [1.29, 1.82) is 5.26 Å². The monoisotopic (exact) mass is 297 g/mol. The Morgan fingerprint density at radius 1 is 1.18 bits per heavy atom. The van der Waals surface area contributed by atoms with Gasteiger partial charge in [-0.05, 0) is 29.8 Å². The lowest BCUT2D eigenvalue weighted by atomic mass is 10.1. The Morgan fingerprint density at radius 2 is 1.82 bits per heavy atom. The first kappa shape index (κ1) is 15.0. The summed E-state index contributed by atoms with van der Waals surface area (Å²) in [4.78, 5) is 37.1. The predicted octanol–water partition coefficient (Wildman–Crippen LogP) is 1.57. The fourth-order valence-corrected chi connectivity index (χ4v) is 1.91. The number of carboxylic acids is 1. The Labute approximate surface area is 125 Å². The van der Waals surface area contributed by atoms with E-state index in [4.69, 9.17) is 10.4 Å². The molecule has 0 spiro atoms. The third-order valence-corrected chi connectivity index (χ3v) is 2.99. The van der Waals surface area contributed by atoms with E-state index in [-0.39, 0.29) is 5.56 Å². The van der Waals surface area contributed by atoms with Crippen molar-refractivity contribution in [1.82, 2.24) is 4.98 Å². The molecule has 7 nitrogen and oxygen atoms in total. The molecule has 1 amide bonds. The molecule has 0 saturated heterocycles. The number of aromatic carboxylic acids is 1. The third-order valence-electron chi connectivity index (χ3n) is 2.99. The quantitative estimate of drug-likeness (QED) is 0.659. The highest BCUT2D eigenvalue weighted by Crippen LogP contribution is 2.21. The van der Waals surface area contributed by atoms with Gasteiger partial charge in [-0.2, -0.15) is 5.26 Å². The smallest absolute Gasteiger partial charge is 0.341 e. The van der Waals surface area contributed by atoms with Crippen molar-refractivity contribution in [3.05, 3.63) is 52.3 Å². The molecule has 22 heavy (non-hydrogen) atoms. The molecule has 0 bridgehead atoms. The predicted molar refractivity (Wildman–Crippen MR) is 78.2 cm³/mol. The lowest BCUT2D eigenvalue weighted by molar-refractivity contribution is -0.115. The summed E-state index contributed by atoms with van der Waals surface area (Å²) < 4.78 is 0. The van der Waals surface area contributed by atoms with Crippen LogP contribution in [-0.2, 0) is 4.79 Å². The van der Waals surface area contributed by atoms with Gasteiger partial charge < -0.3 is 10.1 Å². The number of amides is 1. The van der Waals surface area contributed by atoms with Crippen molar-refractivity contribution in [3.63, 3.8) is 0 Å². The minimum atomic E-state index is -1.30. The number of nitrogens with zero attached hydrogens (tertiary/aromatic N) is 2. The van der Waals surface area contributed by atoms with E-state index in [1.165, 1.54) is 19.1 Å². The minimum Gasteiger partial charge on any atom is -0.477 e. The molecule has 0 aliphatic heterocycles. The largest absolute Gasteiger partial charge is 0.477 e. The number of hydrogen-bond donors (Lipinski definition) is 2. The van der Waals surface area contributed by atoms with Gasteiger partial charge in [-0.3, -0.25) is 9.59 Å². The summed E-state index contributed by atoms with van der Waals surface area (Å²) in [6.07, 6.45) is 1.77. The van der Waals surface area contributed by atoms with Gasteiger partial charge >= 0.3 is 5.97 Å². The average Bonchev–Trinajstić information content (AvgIpc) is 2.47. The first-order chi connectivity index (χ1) is 10.4. The Balaban J connectivity index is 2.38. The van der Waals surface area contributed by atoms with Gasteiger partial charge in [0.25, 0.3) is 5.56 Å². The lowest BCUT2D eigenvalue weighted by Crippen LogP contribution is -2.22. The first-order valence-electron chi connectivity index (χ1n) is 6.21. The molecule has 1 heterocycles. The third kappa shape index (κ3) is 2.86. The maximum absolute atomic E-state index is 11.6. The Kier molecular flexibility index (Phi) is 4.04. The van der Waals surface area contributed by atoms with Gasteiger partial charge in [0.05, 0.1) is 5.69 Å². The van der Waals surface area contributed by atoms with Crippen LogP contribution in [0.25, 0.3) is 11.3 Å². The van der Waals surface area contributed by atoms with Crippen molar-refractivity contribution in [2.24, 2.45) is 0 Å². The van der Waals surface area contributed by atoms with E-state index < -0.39 is 17.4 Å². The van der Waals surface area contributed by atoms with Gasteiger partial charge in [-0.15, -0.1) is 0 Å². The van der Waals surface area contributed by atoms with Crippen LogP contribution in [0.1, 0.15) is 17.3 Å². The topological polar surface area (TPSA) is 114 Å². The second-order valence-electron chi connectivity index (χ2n) is 4.42. The van der Waals surface area contributed by atoms with Crippen molar-refractivity contribution < 1.29 is 14.7 Å². The van der Waals surface area contributed by atoms with E-state index in [0.717, 1.165) is 4.90 Å². The summed E-state index contributed by atoms with van der Waals surface area (Å²) in [7, 11) is 0. The molecule has 7 heteroatoms. The van der Waals surface area contributed by atoms with Crippen LogP contribution in [-0.4, -0.2) is 22.0 Å². The molecule has 1 aromatic heterocycles. The number of carboxylic acid groups (broad SMARTS) is 1. The molecule has 110 valence electrons. The number of hydrogen-bond acceptors (Lipinski definition) is 4. The maximum atomic E-state index is 11.6. The molecule has 2 aromatic rings. The second kappa shape index (κ2) is 5.93. The zero-order valence-electron chi connectivity index (χ0n) is 11.5. The van der Waals surface area contributed by atoms with Gasteiger partial charge in [0.15, 0.2) is 6.19 Å². The Hall–Kier alpha value is -3.40. The van der Waals surface area contributed by atoms with Crippen LogP contribution in [0.15, 0.2) is 41.2 Å². The van der Waals surface area contributed by atoms with Crippen molar-refractivity contribution in [3.8, 4) is 17.5 Å². The van der Waals surface area contributed by atoms with Crippen molar-refractivity contribution in [2.45, 2.75) is 6.92 Å². The van der Waals surface area contributed by atoms with Crippen molar-refractivity contribution >= 4 is 17.6 Å². The van der Waals surface area contributed by atoms with E-state index in [0.29, 0.717) is 16.9 Å². The van der Waals surface area contributed by atoms with Gasteiger partial charge in [0.1, 0.15) is 5.56 Å². The SMILES string of the molecule is CC(=O)N(C#N)c1ccc(-c2ccc(C(=O)O)c(=O)[nH]2)cc1. The number of H-pyrrole nitrogens is 1. The van der Waals surface area contributed by atoms with E-state index in [2.05, 4.69) is 4.98 Å². The molecular weight excluding hydrogens is 286 g/mol. The van der Waals surface area contributed by atoms with Crippen LogP contribution in [0, 0.1) is 11.5 Å². The normalized spacial score (nSPS) is 9.82. The lowest BCUT2D eigenvalue weighted by Gasteiger charge is -2.11. The molecule has 0 radical (unpaired) electrons. The average molecular weight is 297 g/mol. The highest BCUT2D eigenvalue weighted by atomic mass is 16.4. The molecule has 1 aromatic carbocycles. The molecule has 0 atom stereocenters. The number of nitriles is 1. The number of pyridine rings is 1. The molecule has 0 fully saturated rings. The summed E-state index contributed by atoms with van der Waals surface area (Å²) in [5.41, 5.74) is 0.430. The minimum absolute atomic E-state index is 0.340. The number of aromatic amines is 1. The fourth-order valence-electron chi connectivity index (χ4n) is 1.91. The standard InChI is InChI=1S/C15H11N3O4/c1-9(19)18(8-16)11-4-2-10(3-5-11)13-7-6-12(15(21)22)14(20)17-13/h2-7H,1H3,(H,17,20)(H,21,22). The Morgan fingerprint density at radius 3 is 2.27 bits per heavy atom. The Bertz CT molecular complexity index is 831. The van der Waals surface area contributed by atoms with Crippen LogP contribution < -0.4 is 10.5 Å². The molecule has 2 N–H and O–H groups in total. The number of aromatic nitrogens is 1.